The van der Waals surface area contributed by atoms with Crippen LogP contribution < -0.4 is 5.32 Å². The Bertz CT molecular complexity index is 917. The number of benzene rings is 2. The highest BCUT2D eigenvalue weighted by Gasteiger charge is 2.13. The van der Waals surface area contributed by atoms with Crippen LogP contribution in [0.2, 0.25) is 5.02 Å². The van der Waals surface area contributed by atoms with Crippen LogP contribution in [0.1, 0.15) is 5.56 Å². The van der Waals surface area contributed by atoms with Gasteiger partial charge in [-0.25, -0.2) is 4.39 Å². The first-order valence-corrected chi connectivity index (χ1v) is 8.62. The van der Waals surface area contributed by atoms with Gasteiger partial charge in [0.15, 0.2) is 0 Å². The van der Waals surface area contributed by atoms with Gasteiger partial charge in [-0.1, -0.05) is 35.5 Å². The number of hydrogen-bond acceptors (Lipinski definition) is 5. The number of rotatable bonds is 5. The molecule has 3 rings (SSSR count). The zero-order valence-corrected chi connectivity index (χ0v) is 14.7. The molecule has 1 amide bonds. The zero-order chi connectivity index (χ0) is 17.8. The largest absolute Gasteiger partial charge is 0.323 e. The molecule has 0 fully saturated rings. The van der Waals surface area contributed by atoms with Crippen LogP contribution in [-0.4, -0.2) is 31.9 Å². The lowest BCUT2D eigenvalue weighted by molar-refractivity contribution is -0.113. The van der Waals surface area contributed by atoms with Gasteiger partial charge < -0.3 is 5.32 Å². The van der Waals surface area contributed by atoms with Crippen LogP contribution in [0.15, 0.2) is 47.6 Å². The maximum atomic E-state index is 13.7. The van der Waals surface area contributed by atoms with Crippen molar-refractivity contribution in [1.82, 2.24) is 20.2 Å². The average molecular weight is 378 g/mol. The van der Waals surface area contributed by atoms with E-state index in [1.54, 1.807) is 4.68 Å². The van der Waals surface area contributed by atoms with E-state index in [9.17, 15) is 9.18 Å². The Morgan fingerprint density at radius 2 is 2.16 bits per heavy atom. The number of anilines is 1. The Balaban J connectivity index is 1.67. The minimum absolute atomic E-state index is 0.0259. The molecule has 0 aliphatic carbocycles. The summed E-state index contributed by atoms with van der Waals surface area (Å²) < 4.78 is 15.2. The molecule has 1 N–H and O–H groups in total. The number of nitrogens with one attached hydrogen (secondary N) is 1. The molecule has 0 saturated heterocycles. The lowest BCUT2D eigenvalue weighted by Crippen LogP contribution is -2.15. The van der Waals surface area contributed by atoms with Gasteiger partial charge in [0, 0.05) is 5.02 Å². The van der Waals surface area contributed by atoms with Crippen LogP contribution in [0.3, 0.4) is 0 Å². The fraction of sp³-hybridized carbons (Fsp3) is 0.125. The molecule has 9 heteroatoms. The van der Waals surface area contributed by atoms with E-state index in [4.69, 9.17) is 11.6 Å². The van der Waals surface area contributed by atoms with E-state index in [1.807, 2.05) is 31.2 Å². The SMILES string of the molecule is Cc1cccc(-n2nnnc2SCC(=O)Nc2cc(Cl)ccc2F)c1. The third-order valence-electron chi connectivity index (χ3n) is 3.22. The second-order valence-electron chi connectivity index (χ2n) is 5.17. The number of aryl methyl sites for hydroxylation is 1. The molecule has 0 radical (unpaired) electrons. The van der Waals surface area contributed by atoms with Crippen LogP contribution in [-0.2, 0) is 4.79 Å². The average Bonchev–Trinajstić information content (AvgIpc) is 3.05. The maximum absolute atomic E-state index is 13.7. The van der Waals surface area contributed by atoms with Gasteiger partial charge in [-0.05, 0) is 53.2 Å². The number of halogens is 2. The third-order valence-corrected chi connectivity index (χ3v) is 4.38. The van der Waals surface area contributed by atoms with Crippen molar-refractivity contribution in [2.24, 2.45) is 0 Å². The summed E-state index contributed by atoms with van der Waals surface area (Å²) in [5.74, 6) is -0.907. The molecule has 0 saturated carbocycles. The van der Waals surface area contributed by atoms with Crippen molar-refractivity contribution in [1.29, 1.82) is 0 Å². The number of carbonyl (C=O) groups is 1. The number of nitrogens with zero attached hydrogens (tertiary/aromatic N) is 4. The fourth-order valence-corrected chi connectivity index (χ4v) is 2.96. The van der Waals surface area contributed by atoms with Gasteiger partial charge in [-0.2, -0.15) is 4.68 Å². The van der Waals surface area contributed by atoms with E-state index in [0.717, 1.165) is 23.0 Å². The third kappa shape index (κ3) is 4.34. The predicted octanol–water partition coefficient (Wildman–Crippen LogP) is 3.49. The van der Waals surface area contributed by atoms with E-state index in [0.29, 0.717) is 10.2 Å². The van der Waals surface area contributed by atoms with Gasteiger partial charge in [0.25, 0.3) is 0 Å². The van der Waals surface area contributed by atoms with Gasteiger partial charge in [-0.15, -0.1) is 5.10 Å². The van der Waals surface area contributed by atoms with Crippen molar-refractivity contribution in [2.75, 3.05) is 11.1 Å². The molecule has 0 spiro atoms. The molecule has 0 atom stereocenters. The number of aromatic nitrogens is 4. The van der Waals surface area contributed by atoms with Crippen LogP contribution in [0, 0.1) is 12.7 Å². The van der Waals surface area contributed by atoms with E-state index in [1.165, 1.54) is 18.2 Å². The second-order valence-corrected chi connectivity index (χ2v) is 6.55. The van der Waals surface area contributed by atoms with Crippen LogP contribution in [0.25, 0.3) is 5.69 Å². The van der Waals surface area contributed by atoms with Crippen LogP contribution in [0.5, 0.6) is 0 Å². The summed E-state index contributed by atoms with van der Waals surface area (Å²) in [5, 5.41) is 14.8. The Kier molecular flexibility index (Phi) is 5.30. The summed E-state index contributed by atoms with van der Waals surface area (Å²) in [4.78, 5) is 12.1. The summed E-state index contributed by atoms with van der Waals surface area (Å²) in [7, 11) is 0. The molecule has 6 nitrogen and oxygen atoms in total. The Morgan fingerprint density at radius 1 is 1.32 bits per heavy atom. The molecular formula is C16H13ClFN5OS. The lowest BCUT2D eigenvalue weighted by Gasteiger charge is -2.07. The summed E-state index contributed by atoms with van der Waals surface area (Å²) in [6, 6.07) is 11.6. The van der Waals surface area contributed by atoms with Gasteiger partial charge >= 0.3 is 0 Å². The minimum Gasteiger partial charge on any atom is -0.323 e. The first kappa shape index (κ1) is 17.4. The quantitative estimate of drug-likeness (QED) is 0.689. The van der Waals surface area contributed by atoms with Gasteiger partial charge in [0.2, 0.25) is 11.1 Å². The number of tetrazole rings is 1. The molecule has 3 aromatic rings. The standard InChI is InChI=1S/C16H13ClFN5OS/c1-10-3-2-4-12(7-10)23-16(20-21-22-23)25-9-15(24)19-14-8-11(17)5-6-13(14)18/h2-8H,9H2,1H3,(H,19,24). The van der Waals surface area contributed by atoms with Crippen molar-refractivity contribution >= 4 is 35.0 Å². The van der Waals surface area contributed by atoms with Crippen LogP contribution in [0.4, 0.5) is 10.1 Å². The molecule has 128 valence electrons. The number of thioether (sulfide) groups is 1. The Hall–Kier alpha value is -2.45. The molecule has 0 bridgehead atoms. The predicted molar refractivity (Wildman–Crippen MR) is 94.7 cm³/mol. The molecule has 2 aromatic carbocycles. The number of amides is 1. The highest BCUT2D eigenvalue weighted by Crippen LogP contribution is 2.22. The van der Waals surface area contributed by atoms with E-state index in [-0.39, 0.29) is 17.3 Å². The van der Waals surface area contributed by atoms with Crippen molar-refractivity contribution in [3.63, 3.8) is 0 Å². The van der Waals surface area contributed by atoms with Gasteiger partial charge in [0.05, 0.1) is 17.1 Å². The van der Waals surface area contributed by atoms with Crippen molar-refractivity contribution in [3.8, 4) is 5.69 Å². The van der Waals surface area contributed by atoms with Crippen LogP contribution >= 0.6 is 23.4 Å². The highest BCUT2D eigenvalue weighted by atomic mass is 35.5. The molecule has 0 aliphatic heterocycles. The molecule has 0 unspecified atom stereocenters. The summed E-state index contributed by atoms with van der Waals surface area (Å²) in [6.45, 7) is 1.97. The van der Waals surface area contributed by atoms with Crippen molar-refractivity contribution in [2.45, 2.75) is 12.1 Å². The van der Waals surface area contributed by atoms with E-state index >= 15 is 0 Å². The smallest absolute Gasteiger partial charge is 0.234 e. The molecule has 1 aromatic heterocycles. The fourth-order valence-electron chi connectivity index (χ4n) is 2.10. The van der Waals surface area contributed by atoms with Crippen molar-refractivity contribution in [3.05, 3.63) is 58.9 Å². The monoisotopic (exact) mass is 377 g/mol. The Morgan fingerprint density at radius 3 is 2.96 bits per heavy atom. The van der Waals surface area contributed by atoms with E-state index < -0.39 is 5.82 Å². The number of carbonyl (C=O) groups excluding carboxylic acids is 1. The molecule has 1 heterocycles. The highest BCUT2D eigenvalue weighted by molar-refractivity contribution is 7.99. The zero-order valence-electron chi connectivity index (χ0n) is 13.1. The first-order chi connectivity index (χ1) is 12.0. The molecular weight excluding hydrogens is 365 g/mol. The summed E-state index contributed by atoms with van der Waals surface area (Å²) >= 11 is 6.96. The first-order valence-electron chi connectivity index (χ1n) is 7.26. The Labute approximate surface area is 152 Å². The van der Waals surface area contributed by atoms with Crippen molar-refractivity contribution < 1.29 is 9.18 Å². The van der Waals surface area contributed by atoms with Gasteiger partial charge in [-0.3, -0.25) is 4.79 Å². The molecule has 25 heavy (non-hydrogen) atoms. The topological polar surface area (TPSA) is 72.7 Å². The lowest BCUT2D eigenvalue weighted by atomic mass is 10.2. The minimum atomic E-state index is -0.549. The second kappa shape index (κ2) is 7.62. The normalized spacial score (nSPS) is 10.7. The van der Waals surface area contributed by atoms with Gasteiger partial charge in [0.1, 0.15) is 5.82 Å². The number of hydrogen-bond donors (Lipinski definition) is 1. The van der Waals surface area contributed by atoms with E-state index in [2.05, 4.69) is 20.8 Å². The molecule has 0 aliphatic rings. The summed E-state index contributed by atoms with van der Waals surface area (Å²) in [5.41, 5.74) is 1.91. The maximum Gasteiger partial charge on any atom is 0.234 e. The summed E-state index contributed by atoms with van der Waals surface area (Å²) in [6.07, 6.45) is 0.